The van der Waals surface area contributed by atoms with E-state index in [2.05, 4.69) is 20.2 Å². The lowest BCUT2D eigenvalue weighted by Gasteiger charge is -2.06. The van der Waals surface area contributed by atoms with Crippen molar-refractivity contribution in [3.8, 4) is 34.0 Å². The predicted molar refractivity (Wildman–Crippen MR) is 106 cm³/mol. The van der Waals surface area contributed by atoms with Gasteiger partial charge >= 0.3 is 6.18 Å². The molecular weight excluding hydrogens is 445 g/mol. The minimum Gasteiger partial charge on any atom is -0.359 e. The monoisotopic (exact) mass is 457 g/mol. The van der Waals surface area contributed by atoms with Crippen LogP contribution in [0.25, 0.3) is 34.0 Å². The zero-order valence-corrected chi connectivity index (χ0v) is 16.5. The molecule has 0 aliphatic carbocycles. The van der Waals surface area contributed by atoms with Crippen molar-refractivity contribution < 1.29 is 26.5 Å². The van der Waals surface area contributed by atoms with E-state index in [1.54, 1.807) is 12.3 Å². The Labute approximate surface area is 182 Å². The molecule has 0 unspecified atom stereocenters. The SMILES string of the molecule is Fc1cccc(-c2nc3cnn(Cc4cc(-c5ccc(C(F)(F)F)cc5)no4)cc-3n2)c1F. The number of imidazole rings is 1. The van der Waals surface area contributed by atoms with Crippen LogP contribution in [0.1, 0.15) is 11.3 Å². The van der Waals surface area contributed by atoms with Gasteiger partial charge in [-0.15, -0.1) is 0 Å². The van der Waals surface area contributed by atoms with Crippen molar-refractivity contribution in [3.63, 3.8) is 0 Å². The highest BCUT2D eigenvalue weighted by atomic mass is 19.4. The molecule has 1 aromatic heterocycles. The molecule has 0 radical (unpaired) electrons. The average Bonchev–Trinajstić information content (AvgIpc) is 3.42. The Morgan fingerprint density at radius 1 is 0.909 bits per heavy atom. The van der Waals surface area contributed by atoms with E-state index >= 15 is 0 Å². The number of fused-ring (bicyclic) bond motifs is 1. The van der Waals surface area contributed by atoms with Gasteiger partial charge in [-0.25, -0.2) is 18.7 Å². The van der Waals surface area contributed by atoms with E-state index in [0.717, 1.165) is 18.2 Å². The van der Waals surface area contributed by atoms with Gasteiger partial charge < -0.3 is 4.52 Å². The maximum absolute atomic E-state index is 14.1. The molecule has 0 bridgehead atoms. The minimum absolute atomic E-state index is 0.0332. The third kappa shape index (κ3) is 4.04. The molecule has 0 spiro atoms. The fraction of sp³-hybridized carbons (Fsp3) is 0.0909. The van der Waals surface area contributed by atoms with Gasteiger partial charge in [0, 0.05) is 11.6 Å². The summed E-state index contributed by atoms with van der Waals surface area (Å²) < 4.78 is 72.5. The van der Waals surface area contributed by atoms with Gasteiger partial charge in [0.25, 0.3) is 0 Å². The number of aromatic nitrogens is 5. The molecule has 3 heterocycles. The molecule has 166 valence electrons. The largest absolute Gasteiger partial charge is 0.416 e. The van der Waals surface area contributed by atoms with Crippen molar-refractivity contribution in [1.29, 1.82) is 0 Å². The van der Waals surface area contributed by atoms with Crippen LogP contribution in [0.4, 0.5) is 22.0 Å². The molecule has 0 N–H and O–H groups in total. The first-order valence-electron chi connectivity index (χ1n) is 9.56. The summed E-state index contributed by atoms with van der Waals surface area (Å²) in [6, 6.07) is 9.92. The number of halogens is 5. The molecule has 2 aliphatic rings. The summed E-state index contributed by atoms with van der Waals surface area (Å²) in [6.45, 7) is 0.153. The molecule has 2 aliphatic heterocycles. The molecule has 0 fully saturated rings. The lowest BCUT2D eigenvalue weighted by molar-refractivity contribution is -0.137. The van der Waals surface area contributed by atoms with Crippen LogP contribution in [-0.4, -0.2) is 24.9 Å². The van der Waals surface area contributed by atoms with Crippen molar-refractivity contribution in [2.45, 2.75) is 12.7 Å². The van der Waals surface area contributed by atoms with E-state index in [4.69, 9.17) is 4.52 Å². The molecule has 6 nitrogen and oxygen atoms in total. The summed E-state index contributed by atoms with van der Waals surface area (Å²) in [6.07, 6.45) is -1.43. The van der Waals surface area contributed by atoms with Crippen LogP contribution in [-0.2, 0) is 12.7 Å². The van der Waals surface area contributed by atoms with E-state index in [1.807, 2.05) is 0 Å². The fourth-order valence-corrected chi connectivity index (χ4v) is 3.26. The second kappa shape index (κ2) is 7.76. The van der Waals surface area contributed by atoms with Crippen molar-refractivity contribution >= 4 is 0 Å². The zero-order chi connectivity index (χ0) is 23.2. The summed E-state index contributed by atoms with van der Waals surface area (Å²) in [5.41, 5.74) is 0.831. The van der Waals surface area contributed by atoms with Gasteiger partial charge in [0.05, 0.1) is 23.5 Å². The molecule has 0 saturated carbocycles. The Morgan fingerprint density at radius 3 is 2.42 bits per heavy atom. The highest BCUT2D eigenvalue weighted by Gasteiger charge is 2.30. The summed E-state index contributed by atoms with van der Waals surface area (Å²) >= 11 is 0. The Hall–Kier alpha value is -4.15. The molecule has 0 amide bonds. The second-order valence-corrected chi connectivity index (χ2v) is 7.14. The van der Waals surface area contributed by atoms with Crippen molar-refractivity contribution in [3.05, 3.63) is 83.9 Å². The van der Waals surface area contributed by atoms with Crippen molar-refractivity contribution in [1.82, 2.24) is 24.9 Å². The maximum atomic E-state index is 14.1. The molecule has 0 saturated heterocycles. The van der Waals surface area contributed by atoms with E-state index in [0.29, 0.717) is 28.4 Å². The van der Waals surface area contributed by atoms with Crippen molar-refractivity contribution in [2.75, 3.05) is 0 Å². The first kappa shape index (κ1) is 20.7. The molecule has 11 heteroatoms. The normalized spacial score (nSPS) is 11.9. The molecule has 5 rings (SSSR count). The van der Waals surface area contributed by atoms with Crippen LogP contribution in [0.15, 0.2) is 65.4 Å². The maximum Gasteiger partial charge on any atom is 0.416 e. The number of hydrogen-bond donors (Lipinski definition) is 0. The van der Waals surface area contributed by atoms with E-state index in [-0.39, 0.29) is 17.9 Å². The van der Waals surface area contributed by atoms with Gasteiger partial charge in [-0.1, -0.05) is 23.4 Å². The standard InChI is InChI=1S/C22H12F5N5O/c23-16-3-1-2-15(20(16)24)21-29-18-9-28-32(11-19(18)30-21)10-14-8-17(31-33-14)12-4-6-13(7-5-12)22(25,26)27/h1-9,11H,10H2. The smallest absolute Gasteiger partial charge is 0.359 e. The third-order valence-electron chi connectivity index (χ3n) is 4.89. The average molecular weight is 457 g/mol. The van der Waals surface area contributed by atoms with Crippen LogP contribution in [0.5, 0.6) is 0 Å². The number of rotatable bonds is 4. The number of alkyl halides is 3. The van der Waals surface area contributed by atoms with Crippen LogP contribution in [0, 0.1) is 11.6 Å². The fourth-order valence-electron chi connectivity index (χ4n) is 3.26. The summed E-state index contributed by atoms with van der Waals surface area (Å²) in [5, 5.41) is 8.10. The highest BCUT2D eigenvalue weighted by molar-refractivity contribution is 5.65. The Balaban J connectivity index is 1.37. The van der Waals surface area contributed by atoms with Crippen LogP contribution >= 0.6 is 0 Å². The summed E-state index contributed by atoms with van der Waals surface area (Å²) in [5.74, 6) is -1.60. The predicted octanol–water partition coefficient (Wildman–Crippen LogP) is 5.45. The van der Waals surface area contributed by atoms with Gasteiger partial charge in [-0.2, -0.15) is 18.3 Å². The molecule has 0 atom stereocenters. The van der Waals surface area contributed by atoms with Gasteiger partial charge in [-0.05, 0) is 24.3 Å². The number of nitrogens with zero attached hydrogens (tertiary/aromatic N) is 5. The van der Waals surface area contributed by atoms with E-state index in [1.165, 1.54) is 35.1 Å². The van der Waals surface area contributed by atoms with Gasteiger partial charge in [0.2, 0.25) is 0 Å². The van der Waals surface area contributed by atoms with Crippen LogP contribution in [0.2, 0.25) is 0 Å². The third-order valence-corrected chi connectivity index (χ3v) is 4.89. The highest BCUT2D eigenvalue weighted by Crippen LogP contribution is 2.31. The van der Waals surface area contributed by atoms with Crippen molar-refractivity contribution in [2.24, 2.45) is 0 Å². The van der Waals surface area contributed by atoms with Crippen LogP contribution < -0.4 is 0 Å². The first-order chi connectivity index (χ1) is 15.8. The summed E-state index contributed by atoms with van der Waals surface area (Å²) in [7, 11) is 0. The first-order valence-corrected chi connectivity index (χ1v) is 9.56. The Bertz CT molecular complexity index is 1410. The van der Waals surface area contributed by atoms with Gasteiger partial charge in [-0.3, -0.25) is 4.68 Å². The lowest BCUT2D eigenvalue weighted by atomic mass is 10.1. The Morgan fingerprint density at radius 2 is 1.67 bits per heavy atom. The lowest BCUT2D eigenvalue weighted by Crippen LogP contribution is -2.04. The minimum atomic E-state index is -4.42. The van der Waals surface area contributed by atoms with Gasteiger partial charge in [0.15, 0.2) is 23.2 Å². The topological polar surface area (TPSA) is 69.6 Å². The number of benzene rings is 2. The Kier molecular flexibility index (Phi) is 4.88. The molecular formula is C22H12F5N5O. The quantitative estimate of drug-likeness (QED) is 0.336. The summed E-state index contributed by atoms with van der Waals surface area (Å²) in [4.78, 5) is 8.44. The van der Waals surface area contributed by atoms with E-state index < -0.39 is 23.4 Å². The van der Waals surface area contributed by atoms with Crippen LogP contribution in [0.3, 0.4) is 0 Å². The molecule has 33 heavy (non-hydrogen) atoms. The molecule has 2 aromatic carbocycles. The second-order valence-electron chi connectivity index (χ2n) is 7.14. The number of hydrogen-bond acceptors (Lipinski definition) is 5. The molecule has 3 aromatic rings. The zero-order valence-electron chi connectivity index (χ0n) is 16.5. The van der Waals surface area contributed by atoms with Gasteiger partial charge in [0.1, 0.15) is 23.6 Å². The van der Waals surface area contributed by atoms with E-state index in [9.17, 15) is 22.0 Å².